The fourth-order valence-electron chi connectivity index (χ4n) is 3.54. The lowest BCUT2D eigenvalue weighted by molar-refractivity contribution is -0.659. The lowest BCUT2D eigenvalue weighted by Gasteiger charge is -2.18. The van der Waals surface area contributed by atoms with Gasteiger partial charge in [0, 0.05) is 6.07 Å². The number of pyridine rings is 1. The van der Waals surface area contributed by atoms with Gasteiger partial charge in [0.15, 0.2) is 6.17 Å². The fraction of sp³-hybridized carbons (Fsp3) is 0.348. The summed E-state index contributed by atoms with van der Waals surface area (Å²) in [5.41, 5.74) is 5.97. The van der Waals surface area contributed by atoms with Crippen molar-refractivity contribution in [3.63, 3.8) is 0 Å². The molecule has 0 fully saturated rings. The SMILES string of the molecule is [2H]c1cc2cc(F)ccc2c(-c2cc(C(C)C)cc(C(C)C)c2C)[n+]1C. The van der Waals surface area contributed by atoms with Crippen LogP contribution in [0.15, 0.2) is 42.6 Å². The molecule has 0 radical (unpaired) electrons. The highest BCUT2D eigenvalue weighted by Gasteiger charge is 2.21. The summed E-state index contributed by atoms with van der Waals surface area (Å²) < 4.78 is 24.0. The molecule has 3 aromatic rings. The van der Waals surface area contributed by atoms with Crippen molar-refractivity contribution in [1.29, 1.82) is 0 Å². The van der Waals surface area contributed by atoms with E-state index in [9.17, 15) is 4.39 Å². The van der Waals surface area contributed by atoms with E-state index in [2.05, 4.69) is 46.8 Å². The zero-order chi connectivity index (χ0) is 19.2. The number of nitrogens with zero attached hydrogens (tertiary/aromatic N) is 1. The second-order valence-corrected chi connectivity index (χ2v) is 7.50. The molecule has 1 nitrogen and oxygen atoms in total. The van der Waals surface area contributed by atoms with E-state index in [0.717, 1.165) is 22.0 Å². The van der Waals surface area contributed by atoms with Crippen LogP contribution >= 0.6 is 0 Å². The molecule has 0 bridgehead atoms. The number of hydrogen-bond acceptors (Lipinski definition) is 0. The molecular weight excluding hydrogens is 309 g/mol. The van der Waals surface area contributed by atoms with Gasteiger partial charge in [-0.1, -0.05) is 33.8 Å². The highest BCUT2D eigenvalue weighted by Crippen LogP contribution is 2.35. The Morgan fingerprint density at radius 2 is 1.72 bits per heavy atom. The van der Waals surface area contributed by atoms with Gasteiger partial charge in [-0.05, 0) is 65.1 Å². The van der Waals surface area contributed by atoms with E-state index in [1.807, 2.05) is 17.7 Å². The molecule has 0 amide bonds. The first-order chi connectivity index (χ1) is 12.2. The summed E-state index contributed by atoms with van der Waals surface area (Å²) >= 11 is 0. The van der Waals surface area contributed by atoms with Gasteiger partial charge in [0.05, 0.1) is 10.9 Å². The zero-order valence-corrected chi connectivity index (χ0v) is 15.9. The maximum absolute atomic E-state index is 13.8. The van der Waals surface area contributed by atoms with Crippen LogP contribution in [0.3, 0.4) is 0 Å². The van der Waals surface area contributed by atoms with Gasteiger partial charge in [0.2, 0.25) is 5.69 Å². The average Bonchev–Trinajstić information content (AvgIpc) is 2.56. The van der Waals surface area contributed by atoms with Crippen molar-refractivity contribution in [1.82, 2.24) is 0 Å². The zero-order valence-electron chi connectivity index (χ0n) is 16.9. The summed E-state index contributed by atoms with van der Waals surface area (Å²) in [5, 5.41) is 1.74. The number of hydrogen-bond donors (Lipinski definition) is 0. The topological polar surface area (TPSA) is 3.88 Å². The first-order valence-corrected chi connectivity index (χ1v) is 8.94. The van der Waals surface area contributed by atoms with Crippen LogP contribution in [0.1, 0.15) is 57.6 Å². The first kappa shape index (κ1) is 16.3. The lowest BCUT2D eigenvalue weighted by atomic mass is 9.86. The number of fused-ring (bicyclic) bond motifs is 1. The second kappa shape index (κ2) is 6.59. The summed E-state index contributed by atoms with van der Waals surface area (Å²) in [5.74, 6) is 0.563. The minimum atomic E-state index is -0.271. The predicted octanol–water partition coefficient (Wildman–Crippen LogP) is 6.03. The molecule has 3 rings (SSSR count). The van der Waals surface area contributed by atoms with Crippen molar-refractivity contribution in [3.8, 4) is 11.3 Å². The van der Waals surface area contributed by atoms with Crippen LogP contribution in [-0.4, -0.2) is 0 Å². The maximum atomic E-state index is 13.8. The molecule has 2 heteroatoms. The standard InChI is InChI=1S/C23H27FN/c1-14(2)18-12-21(15(3)4)16(5)22(13-18)23-20-8-7-19(24)11-17(20)9-10-25(23)6/h7-15H,1-6H3/q+1/i10D. The molecule has 0 spiro atoms. The molecule has 1 heterocycles. The molecule has 2 aromatic carbocycles. The molecule has 25 heavy (non-hydrogen) atoms. The van der Waals surface area contributed by atoms with Gasteiger partial charge in [-0.3, -0.25) is 0 Å². The first-order valence-electron chi connectivity index (χ1n) is 9.44. The van der Waals surface area contributed by atoms with Gasteiger partial charge < -0.3 is 0 Å². The molecule has 0 unspecified atom stereocenters. The van der Waals surface area contributed by atoms with Crippen LogP contribution in [0.25, 0.3) is 22.0 Å². The van der Waals surface area contributed by atoms with Crippen molar-refractivity contribution in [2.75, 3.05) is 0 Å². The maximum Gasteiger partial charge on any atom is 0.220 e. The van der Waals surface area contributed by atoms with E-state index in [1.54, 1.807) is 6.07 Å². The smallest absolute Gasteiger partial charge is 0.207 e. The van der Waals surface area contributed by atoms with Crippen LogP contribution in [0.2, 0.25) is 0 Å². The van der Waals surface area contributed by atoms with E-state index in [1.165, 1.54) is 28.8 Å². The molecule has 0 aliphatic heterocycles. The van der Waals surface area contributed by atoms with E-state index >= 15 is 0 Å². The van der Waals surface area contributed by atoms with Crippen molar-refractivity contribution >= 4 is 10.8 Å². The Balaban J connectivity index is 2.45. The third-order valence-electron chi connectivity index (χ3n) is 5.03. The van der Waals surface area contributed by atoms with Gasteiger partial charge in [-0.2, -0.15) is 0 Å². The average molecular weight is 337 g/mol. The predicted molar refractivity (Wildman–Crippen MR) is 103 cm³/mol. The Bertz CT molecular complexity index is 989. The molecule has 0 atom stereocenters. The lowest BCUT2D eigenvalue weighted by Crippen LogP contribution is -2.31. The number of aromatic nitrogens is 1. The monoisotopic (exact) mass is 337 g/mol. The van der Waals surface area contributed by atoms with Gasteiger partial charge in [0.1, 0.15) is 14.2 Å². The highest BCUT2D eigenvalue weighted by molar-refractivity contribution is 5.93. The molecule has 0 saturated heterocycles. The Morgan fingerprint density at radius 3 is 2.36 bits per heavy atom. The minimum absolute atomic E-state index is 0.271. The molecule has 0 N–H and O–H groups in total. The Hall–Kier alpha value is -2.22. The van der Waals surface area contributed by atoms with Crippen molar-refractivity contribution in [2.24, 2.45) is 7.05 Å². The summed E-state index contributed by atoms with van der Waals surface area (Å²) in [4.78, 5) is 0. The third-order valence-corrected chi connectivity index (χ3v) is 5.03. The molecule has 0 saturated carbocycles. The van der Waals surface area contributed by atoms with Crippen molar-refractivity contribution in [3.05, 3.63) is 65.1 Å². The molecule has 130 valence electrons. The van der Waals surface area contributed by atoms with Crippen LogP contribution in [0.5, 0.6) is 0 Å². The van der Waals surface area contributed by atoms with E-state index in [4.69, 9.17) is 1.37 Å². The van der Waals surface area contributed by atoms with Crippen molar-refractivity contribution < 1.29 is 10.3 Å². The largest absolute Gasteiger partial charge is 0.220 e. The summed E-state index contributed by atoms with van der Waals surface area (Å²) in [6.07, 6.45) is 0.374. The highest BCUT2D eigenvalue weighted by atomic mass is 19.1. The van der Waals surface area contributed by atoms with Gasteiger partial charge >= 0.3 is 0 Å². The Morgan fingerprint density at radius 1 is 1.00 bits per heavy atom. The second-order valence-electron chi connectivity index (χ2n) is 7.50. The van der Waals surface area contributed by atoms with Crippen LogP contribution in [0.4, 0.5) is 4.39 Å². The third kappa shape index (κ3) is 3.18. The number of halogens is 1. The molecule has 0 aliphatic carbocycles. The molecule has 0 aliphatic rings. The Labute approximate surface area is 151 Å². The van der Waals surface area contributed by atoms with Crippen LogP contribution in [0, 0.1) is 12.7 Å². The van der Waals surface area contributed by atoms with Crippen molar-refractivity contribution in [2.45, 2.75) is 46.5 Å². The number of rotatable bonds is 3. The van der Waals surface area contributed by atoms with E-state index in [-0.39, 0.29) is 5.82 Å². The Kier molecular flexibility index (Phi) is 4.29. The summed E-state index contributed by atoms with van der Waals surface area (Å²) in [7, 11) is 1.91. The molecular formula is C23H27FN+. The summed E-state index contributed by atoms with van der Waals surface area (Å²) in [6.45, 7) is 11.0. The summed E-state index contributed by atoms with van der Waals surface area (Å²) in [6, 6.07) is 11.1. The van der Waals surface area contributed by atoms with Gasteiger partial charge in [-0.15, -0.1) is 0 Å². The van der Waals surface area contributed by atoms with Gasteiger partial charge in [0.25, 0.3) is 0 Å². The van der Waals surface area contributed by atoms with E-state index < -0.39 is 0 Å². The molecule has 1 aromatic heterocycles. The quantitative estimate of drug-likeness (QED) is 0.514. The normalized spacial score (nSPS) is 12.3. The number of benzene rings is 2. The fourth-order valence-corrected chi connectivity index (χ4v) is 3.54. The van der Waals surface area contributed by atoms with Crippen LogP contribution < -0.4 is 4.57 Å². The van der Waals surface area contributed by atoms with Crippen LogP contribution in [-0.2, 0) is 7.05 Å². The minimum Gasteiger partial charge on any atom is -0.207 e. The van der Waals surface area contributed by atoms with E-state index in [0.29, 0.717) is 18.0 Å². The van der Waals surface area contributed by atoms with Gasteiger partial charge in [-0.25, -0.2) is 8.96 Å².